The number of hydrogen-bond donors (Lipinski definition) is 2. The van der Waals surface area contributed by atoms with Crippen LogP contribution in [0.2, 0.25) is 0 Å². The van der Waals surface area contributed by atoms with Crippen LogP contribution in [0.15, 0.2) is 36.8 Å². The Morgan fingerprint density at radius 2 is 2.29 bits per heavy atom. The van der Waals surface area contributed by atoms with E-state index in [9.17, 15) is 5.11 Å². The molecule has 2 aromatic heterocycles. The van der Waals surface area contributed by atoms with Gasteiger partial charge in [-0.3, -0.25) is 4.98 Å². The van der Waals surface area contributed by atoms with Gasteiger partial charge in [0.15, 0.2) is 0 Å². The summed E-state index contributed by atoms with van der Waals surface area (Å²) in [5.74, 6) is 0. The minimum atomic E-state index is -0.590. The van der Waals surface area contributed by atoms with E-state index in [1.807, 2.05) is 25.1 Å². The van der Waals surface area contributed by atoms with Gasteiger partial charge in [-0.2, -0.15) is 0 Å². The summed E-state index contributed by atoms with van der Waals surface area (Å²) in [5.41, 5.74) is 2.69. The fourth-order valence-corrected chi connectivity index (χ4v) is 1.47. The first-order valence-corrected chi connectivity index (χ1v) is 4.51. The predicted octanol–water partition coefficient (Wildman–Crippen LogP) is 1.80. The number of pyridine rings is 1. The van der Waals surface area contributed by atoms with Crippen LogP contribution >= 0.6 is 0 Å². The van der Waals surface area contributed by atoms with Crippen LogP contribution in [0.3, 0.4) is 0 Å². The third-order valence-electron chi connectivity index (χ3n) is 2.27. The van der Waals surface area contributed by atoms with Crippen LogP contribution in [-0.4, -0.2) is 15.1 Å². The Hall–Kier alpha value is -1.61. The van der Waals surface area contributed by atoms with Crippen molar-refractivity contribution >= 4 is 0 Å². The second kappa shape index (κ2) is 3.64. The highest BCUT2D eigenvalue weighted by molar-refractivity contribution is 5.30. The molecule has 0 aromatic carbocycles. The minimum absolute atomic E-state index is 0.590. The number of aromatic amines is 1. The molecule has 0 bridgehead atoms. The lowest BCUT2D eigenvalue weighted by molar-refractivity contribution is 0.215. The third kappa shape index (κ3) is 1.54. The number of aliphatic hydroxyl groups excluding tert-OH is 1. The van der Waals surface area contributed by atoms with E-state index < -0.39 is 6.10 Å². The first-order valence-electron chi connectivity index (χ1n) is 4.51. The number of aryl methyl sites for hydroxylation is 1. The molecule has 2 aromatic rings. The number of nitrogens with zero attached hydrogens (tertiary/aromatic N) is 1. The molecule has 0 amide bonds. The summed E-state index contributed by atoms with van der Waals surface area (Å²) in [6.07, 6.45) is 4.65. The van der Waals surface area contributed by atoms with Gasteiger partial charge in [-0.1, -0.05) is 0 Å². The predicted molar refractivity (Wildman–Crippen MR) is 53.8 cm³/mol. The minimum Gasteiger partial charge on any atom is -0.382 e. The van der Waals surface area contributed by atoms with Crippen LogP contribution < -0.4 is 0 Å². The van der Waals surface area contributed by atoms with Gasteiger partial charge in [0.2, 0.25) is 0 Å². The normalized spacial score (nSPS) is 12.7. The van der Waals surface area contributed by atoms with Crippen LogP contribution in [0.5, 0.6) is 0 Å². The Morgan fingerprint density at radius 1 is 1.43 bits per heavy atom. The summed E-state index contributed by atoms with van der Waals surface area (Å²) in [5, 5.41) is 10.0. The van der Waals surface area contributed by atoms with E-state index in [0.717, 1.165) is 16.8 Å². The first kappa shape index (κ1) is 8.97. The van der Waals surface area contributed by atoms with Gasteiger partial charge >= 0.3 is 0 Å². The highest BCUT2D eigenvalue weighted by Gasteiger charge is 2.12. The molecule has 0 saturated carbocycles. The molecule has 2 heterocycles. The average Bonchev–Trinajstić information content (AvgIpc) is 2.70. The van der Waals surface area contributed by atoms with Crippen molar-refractivity contribution in [2.45, 2.75) is 13.0 Å². The molecular formula is C11H12N2O. The fourth-order valence-electron chi connectivity index (χ4n) is 1.47. The first-order chi connectivity index (χ1) is 6.79. The molecule has 3 heteroatoms. The van der Waals surface area contributed by atoms with Gasteiger partial charge in [0.25, 0.3) is 0 Å². The highest BCUT2D eigenvalue weighted by Crippen LogP contribution is 2.22. The van der Waals surface area contributed by atoms with Gasteiger partial charge in [0.1, 0.15) is 6.10 Å². The topological polar surface area (TPSA) is 48.9 Å². The lowest BCUT2D eigenvalue weighted by Gasteiger charge is -2.11. The smallest absolute Gasteiger partial charge is 0.119 e. The number of aliphatic hydroxyl groups is 1. The Balaban J connectivity index is 2.37. The number of rotatable bonds is 2. The number of aromatic nitrogens is 2. The molecule has 72 valence electrons. The van der Waals surface area contributed by atoms with E-state index in [4.69, 9.17) is 0 Å². The number of H-pyrrole nitrogens is 1. The highest BCUT2D eigenvalue weighted by atomic mass is 16.3. The van der Waals surface area contributed by atoms with Gasteiger partial charge in [-0.15, -0.1) is 0 Å². The van der Waals surface area contributed by atoms with Gasteiger partial charge in [-0.25, -0.2) is 0 Å². The summed E-state index contributed by atoms with van der Waals surface area (Å²) >= 11 is 0. The van der Waals surface area contributed by atoms with Crippen LogP contribution in [0.4, 0.5) is 0 Å². The standard InChI is InChI=1S/C11H12N2O/c1-8-7-12-6-4-9(8)11(14)10-3-2-5-13-10/h2-7,11,13-14H,1H3. The largest absolute Gasteiger partial charge is 0.382 e. The van der Waals surface area contributed by atoms with E-state index in [0.29, 0.717) is 0 Å². The zero-order valence-electron chi connectivity index (χ0n) is 7.94. The van der Waals surface area contributed by atoms with Gasteiger partial charge in [0, 0.05) is 24.3 Å². The molecule has 0 aliphatic carbocycles. The Labute approximate surface area is 82.4 Å². The van der Waals surface area contributed by atoms with Crippen molar-refractivity contribution in [1.82, 2.24) is 9.97 Å². The molecule has 0 aliphatic rings. The van der Waals surface area contributed by atoms with E-state index in [2.05, 4.69) is 9.97 Å². The molecule has 2 N–H and O–H groups in total. The van der Waals surface area contributed by atoms with Crippen molar-refractivity contribution < 1.29 is 5.11 Å². The van der Waals surface area contributed by atoms with E-state index in [-0.39, 0.29) is 0 Å². The Kier molecular flexibility index (Phi) is 2.33. The molecule has 1 atom stereocenters. The lowest BCUT2D eigenvalue weighted by atomic mass is 10.0. The SMILES string of the molecule is Cc1cnccc1C(O)c1ccc[nH]1. The van der Waals surface area contributed by atoms with Crippen molar-refractivity contribution in [3.05, 3.63) is 53.6 Å². The maximum atomic E-state index is 10.0. The monoisotopic (exact) mass is 188 g/mol. The van der Waals surface area contributed by atoms with Crippen molar-refractivity contribution in [2.24, 2.45) is 0 Å². The van der Waals surface area contributed by atoms with Crippen molar-refractivity contribution in [2.75, 3.05) is 0 Å². The zero-order chi connectivity index (χ0) is 9.97. The fraction of sp³-hybridized carbons (Fsp3) is 0.182. The molecule has 0 aliphatic heterocycles. The van der Waals surface area contributed by atoms with Crippen molar-refractivity contribution in [3.63, 3.8) is 0 Å². The second-order valence-corrected chi connectivity index (χ2v) is 3.26. The van der Waals surface area contributed by atoms with Gasteiger partial charge in [-0.05, 0) is 36.2 Å². The quantitative estimate of drug-likeness (QED) is 0.755. The van der Waals surface area contributed by atoms with Crippen molar-refractivity contribution in [3.8, 4) is 0 Å². The summed E-state index contributed by atoms with van der Waals surface area (Å²) < 4.78 is 0. The van der Waals surface area contributed by atoms with Crippen LogP contribution in [0, 0.1) is 6.92 Å². The molecule has 1 unspecified atom stereocenters. The molecular weight excluding hydrogens is 176 g/mol. The van der Waals surface area contributed by atoms with E-state index in [1.54, 1.807) is 18.6 Å². The molecule has 0 radical (unpaired) electrons. The van der Waals surface area contributed by atoms with Crippen LogP contribution in [0.25, 0.3) is 0 Å². The molecule has 0 fully saturated rings. The van der Waals surface area contributed by atoms with E-state index >= 15 is 0 Å². The molecule has 2 rings (SSSR count). The van der Waals surface area contributed by atoms with E-state index in [1.165, 1.54) is 0 Å². The maximum Gasteiger partial charge on any atom is 0.119 e. The number of hydrogen-bond acceptors (Lipinski definition) is 2. The summed E-state index contributed by atoms with van der Waals surface area (Å²) in [6, 6.07) is 5.57. The maximum absolute atomic E-state index is 10.0. The number of nitrogens with one attached hydrogen (secondary N) is 1. The summed E-state index contributed by atoms with van der Waals surface area (Å²) in [7, 11) is 0. The average molecular weight is 188 g/mol. The van der Waals surface area contributed by atoms with Crippen molar-refractivity contribution in [1.29, 1.82) is 0 Å². The van der Waals surface area contributed by atoms with Gasteiger partial charge < -0.3 is 10.1 Å². The molecule has 3 nitrogen and oxygen atoms in total. The van der Waals surface area contributed by atoms with Crippen LogP contribution in [0.1, 0.15) is 22.9 Å². The molecule has 0 spiro atoms. The second-order valence-electron chi connectivity index (χ2n) is 3.26. The molecule has 14 heavy (non-hydrogen) atoms. The summed E-state index contributed by atoms with van der Waals surface area (Å²) in [6.45, 7) is 1.94. The molecule has 0 saturated heterocycles. The zero-order valence-corrected chi connectivity index (χ0v) is 7.94. The Morgan fingerprint density at radius 3 is 2.93 bits per heavy atom. The third-order valence-corrected chi connectivity index (χ3v) is 2.27. The van der Waals surface area contributed by atoms with Gasteiger partial charge in [0.05, 0.1) is 0 Å². The van der Waals surface area contributed by atoms with Crippen LogP contribution in [-0.2, 0) is 0 Å². The Bertz CT molecular complexity index is 409. The lowest BCUT2D eigenvalue weighted by Crippen LogP contribution is -2.02. The summed E-state index contributed by atoms with van der Waals surface area (Å²) in [4.78, 5) is 6.98.